The topological polar surface area (TPSA) is 187 Å². The number of ether oxygens (including phenoxy) is 7. The van der Waals surface area contributed by atoms with E-state index in [2.05, 4.69) is 6.92 Å². The summed E-state index contributed by atoms with van der Waals surface area (Å²) in [7, 11) is 1.14. The molecule has 16 heteroatoms. The summed E-state index contributed by atoms with van der Waals surface area (Å²) in [6, 6.07) is -1.62. The quantitative estimate of drug-likeness (QED) is 0.0772. The predicted molar refractivity (Wildman–Crippen MR) is 194 cm³/mol. The van der Waals surface area contributed by atoms with Crippen molar-refractivity contribution < 1.29 is 66.7 Å². The van der Waals surface area contributed by atoms with Crippen LogP contribution in [-0.2, 0) is 61.9 Å². The van der Waals surface area contributed by atoms with Crippen LogP contribution in [0.25, 0.3) is 0 Å². The largest absolute Gasteiger partial charge is 0.466 e. The van der Waals surface area contributed by atoms with Crippen molar-refractivity contribution in [1.29, 1.82) is 0 Å². The van der Waals surface area contributed by atoms with Gasteiger partial charge in [0, 0.05) is 41.0 Å². The van der Waals surface area contributed by atoms with Crippen LogP contribution in [0.5, 0.6) is 0 Å². The minimum absolute atomic E-state index is 0.386. The number of rotatable bonds is 21. The normalized spacial score (nSPS) is 21.0. The summed E-state index contributed by atoms with van der Waals surface area (Å²) in [6.07, 6.45) is 2.73. The van der Waals surface area contributed by atoms with Crippen LogP contribution in [0.2, 0.25) is 0 Å². The number of carbonyl (C=O) groups is 7. The molecule has 0 aromatic heterocycles. The van der Waals surface area contributed by atoms with E-state index in [4.69, 9.17) is 33.2 Å². The van der Waals surface area contributed by atoms with E-state index in [0.717, 1.165) is 79.2 Å². The zero-order valence-electron chi connectivity index (χ0n) is 33.2. The fraction of sp³-hybridized carbons (Fsp3) is 0.811. The molecule has 0 aliphatic carbocycles. The molecule has 0 N–H and O–H groups in total. The summed E-state index contributed by atoms with van der Waals surface area (Å²) in [5.74, 6) is -4.74. The van der Waals surface area contributed by atoms with E-state index in [1.54, 1.807) is 20.8 Å². The molecular formula is C37H61NO14S. The van der Waals surface area contributed by atoms with Gasteiger partial charge < -0.3 is 33.2 Å². The Morgan fingerprint density at radius 3 is 1.79 bits per heavy atom. The maximum atomic E-state index is 13.8. The van der Waals surface area contributed by atoms with Gasteiger partial charge in [-0.25, -0.2) is 14.5 Å². The second kappa shape index (κ2) is 23.4. The fourth-order valence-electron chi connectivity index (χ4n) is 6.03. The first-order chi connectivity index (χ1) is 24.8. The maximum Gasteiger partial charge on any atom is 0.417 e. The van der Waals surface area contributed by atoms with Gasteiger partial charge in [0.05, 0.1) is 7.11 Å². The van der Waals surface area contributed by atoms with Crippen molar-refractivity contribution in [2.75, 3.05) is 19.5 Å². The highest BCUT2D eigenvalue weighted by Gasteiger charge is 2.61. The second-order valence-corrected chi connectivity index (χ2v) is 15.5. The third kappa shape index (κ3) is 17.1. The molecular weight excluding hydrogens is 714 g/mol. The molecule has 2 amide bonds. The van der Waals surface area contributed by atoms with Gasteiger partial charge in [-0.1, -0.05) is 64.7 Å². The van der Waals surface area contributed by atoms with Gasteiger partial charge in [-0.05, 0) is 32.9 Å². The highest BCUT2D eigenvalue weighted by molar-refractivity contribution is 8.01. The number of unbranched alkanes of at least 4 members (excludes halogenated alkanes) is 9. The third-order valence-electron chi connectivity index (χ3n) is 8.15. The molecule has 0 radical (unpaired) electrons. The molecule has 0 spiro atoms. The standard InChI is InChI=1S/C37H61NO14S/c1-11-12-13-14-15-16-17-18-19-20-21-53-37(34(44)46-10)22-29(48-26(4)41)31(38(24(2)39)35(45)52-36(7,8)9)33(51-37)32(50-28(6)43)30(49-27(5)42)23-47-25(3)40/h29-33H,11-23H2,1-10H3/t29-,30+,31+,32+,33+,37+/m0/s1. The van der Waals surface area contributed by atoms with Crippen LogP contribution < -0.4 is 0 Å². The number of carbonyl (C=O) groups excluding carboxylic acids is 7. The number of hydrogen-bond donors (Lipinski definition) is 0. The Balaban J connectivity index is 3.79. The van der Waals surface area contributed by atoms with Crippen molar-refractivity contribution in [1.82, 2.24) is 4.90 Å². The Bertz CT molecular complexity index is 1240. The fourth-order valence-corrected chi connectivity index (χ4v) is 7.37. The van der Waals surface area contributed by atoms with E-state index in [1.165, 1.54) is 32.1 Å². The van der Waals surface area contributed by atoms with Crippen LogP contribution in [-0.4, -0.2) is 107 Å². The molecule has 0 unspecified atom stereocenters. The maximum absolute atomic E-state index is 13.8. The molecule has 0 bridgehead atoms. The number of amides is 2. The Hall–Kier alpha value is -3.40. The molecule has 15 nitrogen and oxygen atoms in total. The minimum Gasteiger partial charge on any atom is -0.466 e. The average molecular weight is 776 g/mol. The van der Waals surface area contributed by atoms with Crippen LogP contribution >= 0.6 is 11.8 Å². The third-order valence-corrected chi connectivity index (χ3v) is 9.54. The van der Waals surface area contributed by atoms with Crippen LogP contribution in [0, 0.1) is 0 Å². The summed E-state index contributed by atoms with van der Waals surface area (Å²) in [6.45, 7) is 11.7. The molecule has 0 aromatic carbocycles. The molecule has 1 fully saturated rings. The zero-order valence-corrected chi connectivity index (χ0v) is 34.0. The number of esters is 5. The lowest BCUT2D eigenvalue weighted by Crippen LogP contribution is -2.69. The van der Waals surface area contributed by atoms with E-state index in [1.807, 2.05) is 0 Å². The monoisotopic (exact) mass is 775 g/mol. The SMILES string of the molecule is CCCCCCCCCCCCS[C@@]1(C(=O)OC)C[C@H](OC(C)=O)[C@@H](N(C(C)=O)C(=O)OC(C)(C)C)[C@H]([C@H](OC(C)=O)[C@@H](COC(C)=O)OC(C)=O)O1. The summed E-state index contributed by atoms with van der Waals surface area (Å²) < 4.78 is 39.4. The van der Waals surface area contributed by atoms with Crippen molar-refractivity contribution in [3.8, 4) is 0 Å². The van der Waals surface area contributed by atoms with Crippen molar-refractivity contribution in [3.05, 3.63) is 0 Å². The average Bonchev–Trinajstić information content (AvgIpc) is 3.03. The minimum atomic E-state index is -1.94. The summed E-state index contributed by atoms with van der Waals surface area (Å²) in [4.78, 5) is 89.2. The zero-order chi connectivity index (χ0) is 40.4. The first kappa shape index (κ1) is 47.6. The summed E-state index contributed by atoms with van der Waals surface area (Å²) in [5, 5.41) is 0. The highest BCUT2D eigenvalue weighted by Crippen LogP contribution is 2.45. The van der Waals surface area contributed by atoms with Crippen molar-refractivity contribution in [3.63, 3.8) is 0 Å². The Labute approximate surface area is 318 Å². The van der Waals surface area contributed by atoms with Gasteiger partial charge in [-0.15, -0.1) is 11.8 Å². The summed E-state index contributed by atoms with van der Waals surface area (Å²) >= 11 is 1.07. The van der Waals surface area contributed by atoms with E-state index >= 15 is 0 Å². The molecule has 6 atom stereocenters. The molecule has 0 aromatic rings. The Morgan fingerprint density at radius 1 is 0.792 bits per heavy atom. The first-order valence-electron chi connectivity index (χ1n) is 18.4. The highest BCUT2D eigenvalue weighted by atomic mass is 32.2. The number of imide groups is 1. The van der Waals surface area contributed by atoms with E-state index in [9.17, 15) is 33.6 Å². The van der Waals surface area contributed by atoms with Crippen molar-refractivity contribution >= 4 is 53.6 Å². The van der Waals surface area contributed by atoms with Crippen molar-refractivity contribution in [2.45, 2.75) is 174 Å². The number of thioether (sulfide) groups is 1. The molecule has 1 saturated heterocycles. The summed E-state index contributed by atoms with van der Waals surface area (Å²) in [5.41, 5.74) is -1.10. The number of nitrogens with zero attached hydrogens (tertiary/aromatic N) is 1. The smallest absolute Gasteiger partial charge is 0.417 e. The lowest BCUT2D eigenvalue weighted by atomic mass is 9.88. The Kier molecular flexibility index (Phi) is 21.0. The van der Waals surface area contributed by atoms with Crippen molar-refractivity contribution in [2.24, 2.45) is 0 Å². The lowest BCUT2D eigenvalue weighted by molar-refractivity contribution is -0.232. The van der Waals surface area contributed by atoms with Crippen LogP contribution in [0.4, 0.5) is 4.79 Å². The lowest BCUT2D eigenvalue weighted by Gasteiger charge is -2.50. The second-order valence-electron chi connectivity index (χ2n) is 14.1. The van der Waals surface area contributed by atoms with E-state index in [0.29, 0.717) is 17.1 Å². The van der Waals surface area contributed by atoms with Gasteiger partial charge in [0.25, 0.3) is 0 Å². The molecule has 0 saturated carbocycles. The molecule has 1 aliphatic rings. The molecule has 1 heterocycles. The number of hydrogen-bond acceptors (Lipinski definition) is 15. The predicted octanol–water partition coefficient (Wildman–Crippen LogP) is 5.81. The van der Waals surface area contributed by atoms with E-state index in [-0.39, 0.29) is 0 Å². The molecule has 53 heavy (non-hydrogen) atoms. The van der Waals surface area contributed by atoms with Crippen LogP contribution in [0.3, 0.4) is 0 Å². The van der Waals surface area contributed by atoms with Gasteiger partial charge >= 0.3 is 35.9 Å². The van der Waals surface area contributed by atoms with E-state index < -0.39 is 95.9 Å². The van der Waals surface area contributed by atoms with Gasteiger partial charge in [0.1, 0.15) is 30.5 Å². The van der Waals surface area contributed by atoms with Crippen LogP contribution in [0.1, 0.15) is 133 Å². The van der Waals surface area contributed by atoms with Gasteiger partial charge in [0.15, 0.2) is 12.2 Å². The molecule has 304 valence electrons. The molecule has 1 rings (SSSR count). The number of methoxy groups -OCH3 is 1. The van der Waals surface area contributed by atoms with Gasteiger partial charge in [-0.3, -0.25) is 24.0 Å². The van der Waals surface area contributed by atoms with Crippen LogP contribution in [0.15, 0.2) is 0 Å². The first-order valence-corrected chi connectivity index (χ1v) is 19.3. The van der Waals surface area contributed by atoms with Gasteiger partial charge in [0.2, 0.25) is 10.8 Å². The van der Waals surface area contributed by atoms with Gasteiger partial charge in [-0.2, -0.15) is 0 Å². The molecule has 1 aliphatic heterocycles. The Morgan fingerprint density at radius 2 is 1.34 bits per heavy atom.